The van der Waals surface area contributed by atoms with Crippen LogP contribution in [0.2, 0.25) is 5.28 Å². The molecule has 0 fully saturated rings. The van der Waals surface area contributed by atoms with Gasteiger partial charge in [0.1, 0.15) is 5.69 Å². The summed E-state index contributed by atoms with van der Waals surface area (Å²) >= 11 is 5.81. The second-order valence-corrected chi connectivity index (χ2v) is 8.04. The van der Waals surface area contributed by atoms with Crippen LogP contribution in [0.1, 0.15) is 5.69 Å². The van der Waals surface area contributed by atoms with Crippen LogP contribution in [0.5, 0.6) is 0 Å². The highest BCUT2D eigenvalue weighted by Gasteiger charge is 2.41. The van der Waals surface area contributed by atoms with Crippen LogP contribution < -0.4 is 0 Å². The zero-order valence-corrected chi connectivity index (χ0v) is 14.9. The molecular formula is C18H13ClFN3O2S. The third kappa shape index (κ3) is 2.73. The van der Waals surface area contributed by atoms with Gasteiger partial charge >= 0.3 is 0 Å². The molecule has 0 saturated heterocycles. The van der Waals surface area contributed by atoms with E-state index in [4.69, 9.17) is 11.6 Å². The maximum absolute atomic E-state index is 14.3. The van der Waals surface area contributed by atoms with E-state index in [0.29, 0.717) is 5.57 Å². The quantitative estimate of drug-likeness (QED) is 0.754. The van der Waals surface area contributed by atoms with Crippen molar-refractivity contribution >= 4 is 27.2 Å². The van der Waals surface area contributed by atoms with Crippen LogP contribution in [0.4, 0.5) is 4.39 Å². The van der Waals surface area contributed by atoms with Crippen LogP contribution in [0, 0.1) is 11.7 Å². The highest BCUT2D eigenvalue weighted by molar-refractivity contribution is 7.89. The first-order valence-electron chi connectivity index (χ1n) is 7.82. The van der Waals surface area contributed by atoms with Gasteiger partial charge in [-0.05, 0) is 23.7 Å². The number of aromatic nitrogens is 2. The van der Waals surface area contributed by atoms with Gasteiger partial charge < -0.3 is 0 Å². The lowest BCUT2D eigenvalue weighted by Gasteiger charge is -2.27. The molecule has 0 amide bonds. The topological polar surface area (TPSA) is 63.2 Å². The maximum atomic E-state index is 14.3. The van der Waals surface area contributed by atoms with E-state index < -0.39 is 21.9 Å². The summed E-state index contributed by atoms with van der Waals surface area (Å²) in [5, 5.41) is -0.0986. The smallest absolute Gasteiger partial charge is 0.264 e. The number of allylic oxidation sites excluding steroid dienone is 2. The van der Waals surface area contributed by atoms with Crippen molar-refractivity contribution in [3.63, 3.8) is 0 Å². The molecule has 1 aromatic heterocycles. The van der Waals surface area contributed by atoms with E-state index in [1.807, 2.05) is 6.08 Å². The van der Waals surface area contributed by atoms with Crippen molar-refractivity contribution in [3.8, 4) is 0 Å². The molecule has 2 heterocycles. The number of hydrogen-bond donors (Lipinski definition) is 0. The number of sulfonamides is 1. The minimum Gasteiger partial charge on any atom is -0.265 e. The average molecular weight is 390 g/mol. The molecule has 1 aliphatic heterocycles. The SMILES string of the molecule is O=S(=O)(c1ccccc1)N1C=C(c2nc(Cl)ncc2F)C2C=CC=CC21. The minimum absolute atomic E-state index is 0.00529. The Morgan fingerprint density at radius 1 is 1.12 bits per heavy atom. The fourth-order valence-electron chi connectivity index (χ4n) is 3.15. The van der Waals surface area contributed by atoms with Crippen LogP contribution in [0.15, 0.2) is 71.9 Å². The normalized spacial score (nSPS) is 21.6. The summed E-state index contributed by atoms with van der Waals surface area (Å²) in [6.45, 7) is 0. The van der Waals surface area contributed by atoms with Gasteiger partial charge in [0.15, 0.2) is 5.82 Å². The maximum Gasteiger partial charge on any atom is 0.264 e. The van der Waals surface area contributed by atoms with E-state index >= 15 is 0 Å². The first kappa shape index (κ1) is 16.9. The fourth-order valence-corrected chi connectivity index (χ4v) is 4.80. The highest BCUT2D eigenvalue weighted by Crippen LogP contribution is 2.41. The molecule has 26 heavy (non-hydrogen) atoms. The molecule has 2 unspecified atom stereocenters. The number of rotatable bonds is 3. The Hall–Kier alpha value is -2.51. The van der Waals surface area contributed by atoms with Gasteiger partial charge in [0, 0.05) is 17.7 Å². The molecule has 0 radical (unpaired) electrons. The molecular weight excluding hydrogens is 377 g/mol. The van der Waals surface area contributed by atoms with E-state index in [0.717, 1.165) is 6.20 Å². The first-order valence-corrected chi connectivity index (χ1v) is 9.64. The van der Waals surface area contributed by atoms with E-state index in [9.17, 15) is 12.8 Å². The Bertz CT molecular complexity index is 1050. The predicted molar refractivity (Wildman–Crippen MR) is 96.0 cm³/mol. The standard InChI is InChI=1S/C18H13ClFN3O2S/c19-18-21-10-15(20)17(22-18)14-11-23(16-9-5-4-8-13(14)16)26(24,25)12-6-2-1-3-7-12/h1-11,13,16H. The van der Waals surface area contributed by atoms with Crippen LogP contribution in [0.3, 0.4) is 0 Å². The third-order valence-electron chi connectivity index (χ3n) is 4.33. The molecule has 2 aliphatic rings. The Kier molecular flexibility index (Phi) is 4.13. The lowest BCUT2D eigenvalue weighted by molar-refractivity contribution is 0.442. The van der Waals surface area contributed by atoms with E-state index in [1.54, 1.807) is 36.4 Å². The van der Waals surface area contributed by atoms with Crippen molar-refractivity contribution < 1.29 is 12.8 Å². The number of benzene rings is 1. The Morgan fingerprint density at radius 2 is 1.85 bits per heavy atom. The summed E-state index contributed by atoms with van der Waals surface area (Å²) in [5.41, 5.74) is 0.447. The molecule has 1 aromatic carbocycles. The Labute approximate surface area is 155 Å². The van der Waals surface area contributed by atoms with Crippen molar-refractivity contribution in [3.05, 3.63) is 83.8 Å². The van der Waals surface area contributed by atoms with Gasteiger partial charge in [-0.15, -0.1) is 0 Å². The summed E-state index contributed by atoms with van der Waals surface area (Å²) < 4.78 is 41.7. The monoisotopic (exact) mass is 389 g/mol. The van der Waals surface area contributed by atoms with Gasteiger partial charge in [-0.2, -0.15) is 0 Å². The number of hydrogen-bond acceptors (Lipinski definition) is 4. The van der Waals surface area contributed by atoms with Gasteiger partial charge in [0.2, 0.25) is 5.28 Å². The molecule has 5 nitrogen and oxygen atoms in total. The molecule has 0 bridgehead atoms. The molecule has 0 N–H and O–H groups in total. The lowest BCUT2D eigenvalue weighted by Crippen LogP contribution is -2.35. The van der Waals surface area contributed by atoms with Crippen molar-refractivity contribution in [2.75, 3.05) is 0 Å². The van der Waals surface area contributed by atoms with Crippen molar-refractivity contribution in [2.24, 2.45) is 5.92 Å². The van der Waals surface area contributed by atoms with Crippen molar-refractivity contribution in [2.45, 2.75) is 10.9 Å². The summed E-state index contributed by atoms with van der Waals surface area (Å²) in [4.78, 5) is 7.75. The first-order chi connectivity index (χ1) is 12.5. The molecule has 4 rings (SSSR count). The summed E-state index contributed by atoms with van der Waals surface area (Å²) in [5.74, 6) is -1.01. The molecule has 1 aliphatic carbocycles. The van der Waals surface area contributed by atoms with E-state index in [2.05, 4.69) is 9.97 Å². The fraction of sp³-hybridized carbons (Fsp3) is 0.111. The van der Waals surface area contributed by atoms with E-state index in [1.165, 1.54) is 22.6 Å². The zero-order chi connectivity index (χ0) is 18.3. The van der Waals surface area contributed by atoms with Gasteiger partial charge in [0.25, 0.3) is 10.0 Å². The summed E-state index contributed by atoms with van der Waals surface area (Å²) in [6, 6.07) is 7.63. The molecule has 132 valence electrons. The largest absolute Gasteiger partial charge is 0.265 e. The van der Waals surface area contributed by atoms with Gasteiger partial charge in [-0.25, -0.2) is 22.8 Å². The van der Waals surface area contributed by atoms with Crippen LogP contribution in [-0.2, 0) is 10.0 Å². The lowest BCUT2D eigenvalue weighted by atomic mass is 9.89. The molecule has 8 heteroatoms. The van der Waals surface area contributed by atoms with Crippen molar-refractivity contribution in [1.29, 1.82) is 0 Å². The number of halogens is 2. The van der Waals surface area contributed by atoms with Gasteiger partial charge in [-0.1, -0.05) is 42.5 Å². The molecule has 0 saturated carbocycles. The number of fused-ring (bicyclic) bond motifs is 1. The zero-order valence-electron chi connectivity index (χ0n) is 13.3. The average Bonchev–Trinajstić information content (AvgIpc) is 3.05. The van der Waals surface area contributed by atoms with Crippen LogP contribution >= 0.6 is 11.6 Å². The van der Waals surface area contributed by atoms with Crippen LogP contribution in [-0.4, -0.2) is 28.7 Å². The molecule has 2 atom stereocenters. The Morgan fingerprint density at radius 3 is 2.62 bits per heavy atom. The second kappa shape index (κ2) is 6.34. The van der Waals surface area contributed by atoms with Crippen molar-refractivity contribution in [1.82, 2.24) is 14.3 Å². The summed E-state index contributed by atoms with van der Waals surface area (Å²) in [7, 11) is -3.80. The third-order valence-corrected chi connectivity index (χ3v) is 6.29. The van der Waals surface area contributed by atoms with Crippen LogP contribution in [0.25, 0.3) is 5.57 Å². The molecule has 2 aromatic rings. The second-order valence-electron chi connectivity index (χ2n) is 5.85. The summed E-state index contributed by atoms with van der Waals surface area (Å²) in [6.07, 6.45) is 9.58. The minimum atomic E-state index is -3.80. The van der Waals surface area contributed by atoms with Gasteiger partial charge in [-0.3, -0.25) is 4.31 Å². The number of nitrogens with zero attached hydrogens (tertiary/aromatic N) is 3. The highest BCUT2D eigenvalue weighted by atomic mass is 35.5. The van der Waals surface area contributed by atoms with E-state index in [-0.39, 0.29) is 21.8 Å². The Balaban J connectivity index is 1.86. The predicted octanol–water partition coefficient (Wildman–Crippen LogP) is 3.43. The molecule has 0 spiro atoms. The van der Waals surface area contributed by atoms with Gasteiger partial charge in [0.05, 0.1) is 17.1 Å².